The molecule has 2 fully saturated rings. The van der Waals surface area contributed by atoms with Crippen molar-refractivity contribution in [1.29, 1.82) is 0 Å². The number of benzene rings is 2. The molecule has 0 radical (unpaired) electrons. The van der Waals surface area contributed by atoms with Crippen molar-refractivity contribution in [1.82, 2.24) is 4.90 Å². The van der Waals surface area contributed by atoms with Crippen LogP contribution in [0.1, 0.15) is 68.7 Å². The number of hydrogen-bond donors (Lipinski definition) is 0. The summed E-state index contributed by atoms with van der Waals surface area (Å²) in [5.41, 5.74) is -2.36. The number of carbonyl (C=O) groups excluding carboxylic acids is 1. The van der Waals surface area contributed by atoms with Gasteiger partial charge in [-0.15, -0.1) is 0 Å². The Labute approximate surface area is 231 Å². The van der Waals surface area contributed by atoms with E-state index in [1.54, 1.807) is 32.0 Å². The quantitative estimate of drug-likeness (QED) is 0.403. The Morgan fingerprint density at radius 1 is 1.02 bits per heavy atom. The highest BCUT2D eigenvalue weighted by Crippen LogP contribution is 2.51. The van der Waals surface area contributed by atoms with E-state index in [1.807, 2.05) is 4.90 Å². The van der Waals surface area contributed by atoms with Crippen molar-refractivity contribution in [3.05, 3.63) is 70.5 Å². The first kappa shape index (κ1) is 29.0. The van der Waals surface area contributed by atoms with Crippen molar-refractivity contribution >= 4 is 15.7 Å². The molecule has 0 saturated carbocycles. The van der Waals surface area contributed by atoms with Gasteiger partial charge in [0.2, 0.25) is 11.6 Å². The lowest BCUT2D eigenvalue weighted by atomic mass is 9.63. The van der Waals surface area contributed by atoms with Gasteiger partial charge < -0.3 is 4.90 Å². The van der Waals surface area contributed by atoms with E-state index in [0.717, 1.165) is 11.1 Å². The van der Waals surface area contributed by atoms with Gasteiger partial charge in [-0.1, -0.05) is 30.3 Å². The summed E-state index contributed by atoms with van der Waals surface area (Å²) in [6, 6.07) is 9.87. The van der Waals surface area contributed by atoms with Crippen molar-refractivity contribution < 1.29 is 35.2 Å². The summed E-state index contributed by atoms with van der Waals surface area (Å²) >= 11 is 0. The number of carbonyl (C=O) groups is 1. The molecular weight excluding hydrogens is 549 g/mol. The molecule has 2 saturated heterocycles. The molecule has 218 valence electrons. The lowest BCUT2D eigenvalue weighted by Gasteiger charge is -2.45. The SMILES string of the molecule is C[C@@H]1CC(C(=O)N2CC[C@@]3(Cc4ccc(F)cc4)c4ccc(C(C)(F)C(F)(F)F)cc4CC[C@@H]23)C[C@H](C)S1(=O)=O. The Bertz CT molecular complexity index is 1390. The Balaban J connectivity index is 1.53. The second-order valence-corrected chi connectivity index (χ2v) is 14.8. The molecule has 2 aromatic carbocycles. The van der Waals surface area contributed by atoms with Gasteiger partial charge in [-0.05, 0) is 93.7 Å². The highest BCUT2D eigenvalue weighted by atomic mass is 32.2. The highest BCUT2D eigenvalue weighted by molar-refractivity contribution is 7.92. The summed E-state index contributed by atoms with van der Waals surface area (Å²) in [5.74, 6) is -0.911. The third-order valence-corrected chi connectivity index (χ3v) is 12.3. The third kappa shape index (κ3) is 4.64. The summed E-state index contributed by atoms with van der Waals surface area (Å²) in [4.78, 5) is 15.8. The number of alkyl halides is 4. The largest absolute Gasteiger partial charge is 0.426 e. The third-order valence-electron chi connectivity index (χ3n) is 9.64. The average molecular weight is 584 g/mol. The maximum absolute atomic E-state index is 14.9. The second kappa shape index (κ2) is 9.81. The molecule has 3 aliphatic rings. The Morgan fingerprint density at radius 3 is 2.25 bits per heavy atom. The number of likely N-dealkylation sites (tertiary alicyclic amines) is 1. The van der Waals surface area contributed by atoms with Crippen LogP contribution in [0.25, 0.3) is 0 Å². The zero-order chi connectivity index (χ0) is 29.3. The molecule has 2 aromatic rings. The van der Waals surface area contributed by atoms with Gasteiger partial charge in [-0.25, -0.2) is 17.2 Å². The van der Waals surface area contributed by atoms with Crippen LogP contribution in [0.2, 0.25) is 0 Å². The van der Waals surface area contributed by atoms with Crippen molar-refractivity contribution in [2.24, 2.45) is 5.92 Å². The normalized spacial score (nSPS) is 31.2. The number of halogens is 5. The van der Waals surface area contributed by atoms with Crippen molar-refractivity contribution in [3.63, 3.8) is 0 Å². The van der Waals surface area contributed by atoms with E-state index < -0.39 is 49.1 Å². The molecule has 4 nitrogen and oxygen atoms in total. The molecule has 1 amide bonds. The lowest BCUT2D eigenvalue weighted by Crippen LogP contribution is -2.52. The second-order valence-electron chi connectivity index (χ2n) is 12.0. The summed E-state index contributed by atoms with van der Waals surface area (Å²) in [6.07, 6.45) is -2.72. The van der Waals surface area contributed by atoms with Crippen molar-refractivity contribution in [2.45, 2.75) is 93.1 Å². The van der Waals surface area contributed by atoms with Gasteiger partial charge in [-0.2, -0.15) is 13.2 Å². The van der Waals surface area contributed by atoms with Crippen molar-refractivity contribution in [2.75, 3.05) is 6.54 Å². The maximum atomic E-state index is 14.9. The molecule has 0 aromatic heterocycles. The topological polar surface area (TPSA) is 54.5 Å². The predicted octanol–water partition coefficient (Wildman–Crippen LogP) is 6.20. The fourth-order valence-corrected chi connectivity index (χ4v) is 9.05. The lowest BCUT2D eigenvalue weighted by molar-refractivity contribution is -0.228. The minimum Gasteiger partial charge on any atom is -0.339 e. The number of fused-ring (bicyclic) bond motifs is 3. The Morgan fingerprint density at radius 2 is 1.65 bits per heavy atom. The molecule has 0 N–H and O–H groups in total. The number of rotatable bonds is 4. The average Bonchev–Trinajstić information content (AvgIpc) is 3.26. The van der Waals surface area contributed by atoms with E-state index >= 15 is 0 Å². The van der Waals surface area contributed by atoms with Crippen LogP contribution < -0.4 is 0 Å². The number of aryl methyl sites for hydroxylation is 1. The van der Waals surface area contributed by atoms with Crippen LogP contribution in [0.4, 0.5) is 22.0 Å². The van der Waals surface area contributed by atoms with Gasteiger partial charge in [0.15, 0.2) is 9.84 Å². The van der Waals surface area contributed by atoms with E-state index in [4.69, 9.17) is 0 Å². The first-order valence-electron chi connectivity index (χ1n) is 13.7. The minimum absolute atomic E-state index is 0.0898. The van der Waals surface area contributed by atoms with E-state index in [-0.39, 0.29) is 30.6 Å². The standard InChI is InChI=1S/C30H34F5NO3S/c1-18-14-22(15-19(2)40(18,38)39)27(37)36-13-12-29(17-20-4-8-24(31)9-5-20)25-10-7-23(28(3,32)30(33,34)35)16-21(25)6-11-26(29)36/h4-5,7-10,16,18-19,22,26H,6,11-15,17H2,1-3H3/t18-,19+,22?,26-,28?,29-/m1/s1. The van der Waals surface area contributed by atoms with Gasteiger partial charge >= 0.3 is 6.18 Å². The van der Waals surface area contributed by atoms with Gasteiger partial charge in [-0.3, -0.25) is 4.79 Å². The monoisotopic (exact) mass is 583 g/mol. The smallest absolute Gasteiger partial charge is 0.339 e. The van der Waals surface area contributed by atoms with Crippen LogP contribution in [-0.4, -0.2) is 48.5 Å². The number of hydrogen-bond acceptors (Lipinski definition) is 3. The molecule has 1 aliphatic carbocycles. The molecule has 0 bridgehead atoms. The van der Waals surface area contributed by atoms with Gasteiger partial charge in [0.05, 0.1) is 10.5 Å². The zero-order valence-corrected chi connectivity index (χ0v) is 23.6. The first-order valence-corrected chi connectivity index (χ1v) is 15.4. The van der Waals surface area contributed by atoms with Gasteiger partial charge in [0.25, 0.3) is 0 Å². The van der Waals surface area contributed by atoms with Crippen molar-refractivity contribution in [3.8, 4) is 0 Å². The van der Waals surface area contributed by atoms with Crippen LogP contribution in [0, 0.1) is 11.7 Å². The van der Waals surface area contributed by atoms with Crippen LogP contribution in [-0.2, 0) is 38.6 Å². The molecule has 10 heteroatoms. The maximum Gasteiger partial charge on any atom is 0.426 e. The summed E-state index contributed by atoms with van der Waals surface area (Å²) in [6.45, 7) is 4.22. The van der Waals surface area contributed by atoms with E-state index in [1.165, 1.54) is 24.3 Å². The van der Waals surface area contributed by atoms with E-state index in [9.17, 15) is 35.2 Å². The fourth-order valence-electron chi connectivity index (χ4n) is 7.25. The van der Waals surface area contributed by atoms with Crippen LogP contribution in [0.5, 0.6) is 0 Å². The molecule has 6 atom stereocenters. The molecule has 2 aliphatic heterocycles. The summed E-state index contributed by atoms with van der Waals surface area (Å²) < 4.78 is 94.2. The fraction of sp³-hybridized carbons (Fsp3) is 0.567. The molecule has 5 rings (SSSR count). The van der Waals surface area contributed by atoms with E-state index in [0.29, 0.717) is 44.7 Å². The predicted molar refractivity (Wildman–Crippen MR) is 142 cm³/mol. The van der Waals surface area contributed by atoms with Gasteiger partial charge in [0, 0.05) is 23.9 Å². The summed E-state index contributed by atoms with van der Waals surface area (Å²) in [7, 11) is -3.29. The number of nitrogens with zero attached hydrogens (tertiary/aromatic N) is 1. The first-order chi connectivity index (χ1) is 18.6. The summed E-state index contributed by atoms with van der Waals surface area (Å²) in [5, 5.41) is -1.24. The number of sulfone groups is 1. The Kier molecular flexibility index (Phi) is 7.12. The van der Waals surface area contributed by atoms with E-state index in [2.05, 4.69) is 0 Å². The highest BCUT2D eigenvalue weighted by Gasteiger charge is 2.56. The van der Waals surface area contributed by atoms with Crippen LogP contribution in [0.15, 0.2) is 42.5 Å². The van der Waals surface area contributed by atoms with Crippen LogP contribution in [0.3, 0.4) is 0 Å². The Hall–Kier alpha value is -2.49. The molecule has 2 heterocycles. The minimum atomic E-state index is -5.07. The molecule has 40 heavy (non-hydrogen) atoms. The van der Waals surface area contributed by atoms with Crippen LogP contribution >= 0.6 is 0 Å². The number of amides is 1. The van der Waals surface area contributed by atoms with Gasteiger partial charge in [0.1, 0.15) is 5.82 Å². The molecule has 2 unspecified atom stereocenters. The molecular formula is C30H34F5NO3S. The zero-order valence-electron chi connectivity index (χ0n) is 22.8. The molecule has 0 spiro atoms.